The SMILES string of the molecule is [2H]c1c([2H])c([2H])c(N(c2cc3c4c(ccc5cccc(c54)C3(C)C)c2)c2ccc3ccc4c(N(c5ccccc5)c5ccccc5)ccc5ccc2c3c54)c([2H])c1[2H]. The van der Waals surface area contributed by atoms with E-state index in [4.69, 9.17) is 4.11 Å². The summed E-state index contributed by atoms with van der Waals surface area (Å²) in [5.74, 6) is 0. The summed E-state index contributed by atoms with van der Waals surface area (Å²) >= 11 is 0. The van der Waals surface area contributed by atoms with Gasteiger partial charge in [-0.3, -0.25) is 0 Å². The van der Waals surface area contributed by atoms with E-state index in [-0.39, 0.29) is 35.3 Å². The molecule has 0 saturated heterocycles. The summed E-state index contributed by atoms with van der Waals surface area (Å²) in [5.41, 5.74) is 6.79. The predicted octanol–water partition coefficient (Wildman–Crippen LogP) is 14.5. The monoisotopic (exact) mass is 681 g/mol. The van der Waals surface area contributed by atoms with Crippen LogP contribution in [0.5, 0.6) is 0 Å². The fourth-order valence-electron chi connectivity index (χ4n) is 9.00. The van der Waals surface area contributed by atoms with Gasteiger partial charge in [0, 0.05) is 38.9 Å². The summed E-state index contributed by atoms with van der Waals surface area (Å²) in [6.45, 7) is 4.49. The molecular formula is C51H36N2. The van der Waals surface area contributed by atoms with Crippen LogP contribution in [0.4, 0.5) is 34.1 Å². The molecule has 10 aromatic rings. The van der Waals surface area contributed by atoms with Gasteiger partial charge in [0.2, 0.25) is 0 Å². The topological polar surface area (TPSA) is 6.48 Å². The van der Waals surface area contributed by atoms with E-state index < -0.39 is 6.04 Å². The normalized spacial score (nSPS) is 14.6. The van der Waals surface area contributed by atoms with E-state index in [1.54, 1.807) is 0 Å². The highest BCUT2D eigenvalue weighted by molar-refractivity contribution is 6.28. The van der Waals surface area contributed by atoms with Gasteiger partial charge in [-0.2, -0.15) is 0 Å². The van der Waals surface area contributed by atoms with Crippen LogP contribution in [0.15, 0.2) is 182 Å². The highest BCUT2D eigenvalue weighted by Gasteiger charge is 2.35. The number of benzene rings is 10. The summed E-state index contributed by atoms with van der Waals surface area (Å²) in [4.78, 5) is 4.20. The van der Waals surface area contributed by atoms with Crippen LogP contribution in [0.2, 0.25) is 0 Å². The minimum absolute atomic E-state index is 0.113. The fraction of sp³-hybridized carbons (Fsp3) is 0.0588. The van der Waals surface area contributed by atoms with E-state index in [1.165, 1.54) is 21.7 Å². The molecule has 0 aliphatic heterocycles. The smallest absolute Gasteiger partial charge is 0.0645 e. The summed E-state index contributed by atoms with van der Waals surface area (Å²) in [7, 11) is 0. The van der Waals surface area contributed by atoms with Crippen LogP contribution in [0.25, 0.3) is 53.9 Å². The minimum atomic E-state index is -0.418. The molecule has 1 aliphatic rings. The Morgan fingerprint density at radius 1 is 0.396 bits per heavy atom. The van der Waals surface area contributed by atoms with Crippen molar-refractivity contribution in [3.8, 4) is 0 Å². The van der Waals surface area contributed by atoms with Gasteiger partial charge in [0.05, 0.1) is 18.2 Å². The molecule has 2 heteroatoms. The molecule has 0 atom stereocenters. The molecular weight excluding hydrogens is 641 g/mol. The van der Waals surface area contributed by atoms with Crippen molar-refractivity contribution in [2.24, 2.45) is 0 Å². The molecule has 0 heterocycles. The number of rotatable bonds is 6. The third-order valence-corrected chi connectivity index (χ3v) is 11.4. The van der Waals surface area contributed by atoms with Crippen molar-refractivity contribution in [2.45, 2.75) is 19.3 Å². The molecule has 0 spiro atoms. The molecule has 0 radical (unpaired) electrons. The molecule has 2 nitrogen and oxygen atoms in total. The van der Waals surface area contributed by atoms with Crippen LogP contribution < -0.4 is 9.80 Å². The maximum atomic E-state index is 9.33. The molecule has 11 rings (SSSR count). The van der Waals surface area contributed by atoms with Gasteiger partial charge < -0.3 is 9.80 Å². The van der Waals surface area contributed by atoms with Gasteiger partial charge in [-0.15, -0.1) is 0 Å². The van der Waals surface area contributed by atoms with E-state index in [1.807, 2.05) is 23.1 Å². The number of hydrogen-bond acceptors (Lipinski definition) is 2. The molecule has 0 saturated carbocycles. The van der Waals surface area contributed by atoms with Gasteiger partial charge in [0.1, 0.15) is 0 Å². The Bertz CT molecular complexity index is 3260. The summed E-state index contributed by atoms with van der Waals surface area (Å²) in [6.07, 6.45) is 0. The van der Waals surface area contributed by atoms with Gasteiger partial charge in [-0.1, -0.05) is 135 Å². The third kappa shape index (κ3) is 4.33. The second-order valence-corrected chi connectivity index (χ2v) is 14.6. The standard InChI is InChI=1S/C51H36N2/c1-51(2)43-20-12-13-33-21-22-36-31-40(32-44(51)50(36)49(33)43)53(39-18-10-5-11-19-39)46-30-26-35-23-27-41-45(29-25-34-24-28-42(46)48(35)47(34)41)52(37-14-6-3-7-15-37)38-16-8-4-9-17-38/h3-32H,1-2H3/i5D,10D,11D,18D,19D. The number of nitrogens with zero attached hydrogens (tertiary/aromatic N) is 2. The van der Waals surface area contributed by atoms with Gasteiger partial charge in [-0.25, -0.2) is 0 Å². The maximum Gasteiger partial charge on any atom is 0.0645 e. The first-order chi connectivity index (χ1) is 28.1. The Labute approximate surface area is 316 Å². The lowest BCUT2D eigenvalue weighted by atomic mass is 9.81. The van der Waals surface area contributed by atoms with E-state index in [0.29, 0.717) is 0 Å². The Balaban J connectivity index is 1.22. The minimum Gasteiger partial charge on any atom is -0.310 e. The lowest BCUT2D eigenvalue weighted by Crippen LogP contribution is -2.17. The third-order valence-electron chi connectivity index (χ3n) is 11.4. The van der Waals surface area contributed by atoms with Crippen molar-refractivity contribution in [1.29, 1.82) is 0 Å². The molecule has 0 bridgehead atoms. The van der Waals surface area contributed by atoms with Gasteiger partial charge in [0.25, 0.3) is 0 Å². The average Bonchev–Trinajstić information content (AvgIpc) is 3.49. The van der Waals surface area contributed by atoms with Crippen LogP contribution in [0, 0.1) is 0 Å². The van der Waals surface area contributed by atoms with Crippen molar-refractivity contribution in [2.75, 3.05) is 9.80 Å². The first-order valence-corrected chi connectivity index (χ1v) is 18.1. The van der Waals surface area contributed by atoms with E-state index in [2.05, 4.69) is 152 Å². The zero-order valence-electron chi connectivity index (χ0n) is 34.3. The Kier molecular flexibility index (Phi) is 5.34. The summed E-state index contributed by atoms with van der Waals surface area (Å²) in [5, 5.41) is 11.0. The summed E-state index contributed by atoms with van der Waals surface area (Å²) < 4.78 is 44.8. The largest absolute Gasteiger partial charge is 0.310 e. The first kappa shape index (κ1) is 25.3. The van der Waals surface area contributed by atoms with Gasteiger partial charge >= 0.3 is 0 Å². The quantitative estimate of drug-likeness (QED) is 0.161. The van der Waals surface area contributed by atoms with Crippen molar-refractivity contribution in [1.82, 2.24) is 0 Å². The van der Waals surface area contributed by atoms with E-state index >= 15 is 0 Å². The van der Waals surface area contributed by atoms with E-state index in [9.17, 15) is 2.74 Å². The van der Waals surface area contributed by atoms with Crippen molar-refractivity contribution < 1.29 is 6.85 Å². The zero-order chi connectivity index (χ0) is 39.6. The molecule has 0 amide bonds. The lowest BCUT2D eigenvalue weighted by Gasteiger charge is -2.30. The number of anilines is 6. The average molecular weight is 682 g/mol. The lowest BCUT2D eigenvalue weighted by molar-refractivity contribution is 0.663. The van der Waals surface area contributed by atoms with Crippen LogP contribution in [0.3, 0.4) is 0 Å². The zero-order valence-corrected chi connectivity index (χ0v) is 29.3. The van der Waals surface area contributed by atoms with Crippen LogP contribution in [-0.4, -0.2) is 0 Å². The maximum absolute atomic E-state index is 9.33. The van der Waals surface area contributed by atoms with E-state index in [0.717, 1.165) is 71.7 Å². The highest BCUT2D eigenvalue weighted by atomic mass is 15.1. The molecule has 10 aromatic carbocycles. The molecule has 1 aliphatic carbocycles. The Hall–Kier alpha value is -6.64. The number of para-hydroxylation sites is 3. The summed E-state index contributed by atoms with van der Waals surface area (Å²) in [6, 6.07) is 51.4. The number of hydrogen-bond donors (Lipinski definition) is 0. The van der Waals surface area contributed by atoms with Crippen molar-refractivity contribution >= 4 is 88.0 Å². The van der Waals surface area contributed by atoms with Crippen molar-refractivity contribution in [3.05, 3.63) is 193 Å². The van der Waals surface area contributed by atoms with Crippen LogP contribution in [-0.2, 0) is 5.41 Å². The molecule has 0 unspecified atom stereocenters. The molecule has 0 fully saturated rings. The van der Waals surface area contributed by atoms with Gasteiger partial charge in [-0.05, 0) is 115 Å². The molecule has 0 aromatic heterocycles. The molecule has 53 heavy (non-hydrogen) atoms. The second-order valence-electron chi connectivity index (χ2n) is 14.6. The molecule has 250 valence electrons. The van der Waals surface area contributed by atoms with Crippen LogP contribution >= 0.6 is 0 Å². The predicted molar refractivity (Wildman–Crippen MR) is 227 cm³/mol. The highest BCUT2D eigenvalue weighted by Crippen LogP contribution is 2.52. The van der Waals surface area contributed by atoms with Crippen LogP contribution in [0.1, 0.15) is 31.8 Å². The Morgan fingerprint density at radius 2 is 0.906 bits per heavy atom. The van der Waals surface area contributed by atoms with Gasteiger partial charge in [0.15, 0.2) is 0 Å². The molecule has 0 N–H and O–H groups in total. The van der Waals surface area contributed by atoms with Crippen molar-refractivity contribution in [3.63, 3.8) is 0 Å². The fourth-order valence-corrected chi connectivity index (χ4v) is 9.00. The first-order valence-electron chi connectivity index (χ1n) is 20.6. The second kappa shape index (κ2) is 11.2. The Morgan fingerprint density at radius 3 is 1.53 bits per heavy atom.